The molecule has 1 aliphatic rings. The smallest absolute Gasteiger partial charge is 0.000702 e. The van der Waals surface area contributed by atoms with Crippen molar-refractivity contribution in [3.05, 3.63) is 0 Å². The molecular formula is C13H27N. The van der Waals surface area contributed by atoms with Gasteiger partial charge in [0.1, 0.15) is 0 Å². The van der Waals surface area contributed by atoms with Crippen molar-refractivity contribution in [3.8, 4) is 0 Å². The van der Waals surface area contributed by atoms with Gasteiger partial charge in [0.15, 0.2) is 0 Å². The molecule has 1 heteroatoms. The minimum atomic E-state index is 0.883. The van der Waals surface area contributed by atoms with E-state index in [2.05, 4.69) is 25.7 Å². The van der Waals surface area contributed by atoms with Gasteiger partial charge in [-0.05, 0) is 44.2 Å². The molecule has 0 N–H and O–H groups in total. The first-order valence-electron chi connectivity index (χ1n) is 6.41. The Bertz CT molecular complexity index is 136. The summed E-state index contributed by atoms with van der Waals surface area (Å²) in [6, 6.07) is 0. The van der Waals surface area contributed by atoms with Gasteiger partial charge >= 0.3 is 0 Å². The maximum absolute atomic E-state index is 2.64. The summed E-state index contributed by atoms with van der Waals surface area (Å²) in [7, 11) is 0. The predicted molar refractivity (Wildman–Crippen MR) is 63.5 cm³/mol. The van der Waals surface area contributed by atoms with Gasteiger partial charge in [-0.2, -0.15) is 0 Å². The van der Waals surface area contributed by atoms with Crippen LogP contribution in [-0.2, 0) is 0 Å². The zero-order chi connectivity index (χ0) is 10.4. The second-order valence-electron chi connectivity index (χ2n) is 5.44. The Balaban J connectivity index is 2.00. The first-order chi connectivity index (χ1) is 6.68. The minimum Gasteiger partial charge on any atom is -0.303 e. The molecule has 0 bridgehead atoms. The van der Waals surface area contributed by atoms with Gasteiger partial charge in [-0.1, -0.05) is 33.6 Å². The van der Waals surface area contributed by atoms with Crippen molar-refractivity contribution in [3.63, 3.8) is 0 Å². The highest BCUT2D eigenvalue weighted by Gasteiger charge is 2.14. The quantitative estimate of drug-likeness (QED) is 0.629. The van der Waals surface area contributed by atoms with Crippen molar-refractivity contribution in [1.29, 1.82) is 0 Å². The molecule has 0 aromatic carbocycles. The molecule has 0 saturated carbocycles. The number of rotatable bonds is 6. The van der Waals surface area contributed by atoms with Crippen molar-refractivity contribution < 1.29 is 0 Å². The first kappa shape index (κ1) is 12.0. The molecule has 0 aromatic heterocycles. The lowest BCUT2D eigenvalue weighted by Crippen LogP contribution is -2.25. The lowest BCUT2D eigenvalue weighted by atomic mass is 9.99. The van der Waals surface area contributed by atoms with Gasteiger partial charge in [0.2, 0.25) is 0 Å². The molecule has 1 aliphatic heterocycles. The fourth-order valence-corrected chi connectivity index (χ4v) is 2.37. The fraction of sp³-hybridized carbons (Fsp3) is 1.00. The van der Waals surface area contributed by atoms with Crippen LogP contribution >= 0.6 is 0 Å². The standard InChI is InChI=1S/C13H27N/c1-12(2)7-6-8-13(3)11-14-9-4-5-10-14/h12-13H,4-11H2,1-3H3. The van der Waals surface area contributed by atoms with Crippen LogP contribution in [0.3, 0.4) is 0 Å². The molecule has 84 valence electrons. The van der Waals surface area contributed by atoms with Crippen molar-refractivity contribution in [2.45, 2.75) is 52.9 Å². The maximum atomic E-state index is 2.64. The van der Waals surface area contributed by atoms with Crippen LogP contribution in [0.5, 0.6) is 0 Å². The predicted octanol–water partition coefficient (Wildman–Crippen LogP) is 3.54. The molecule has 1 atom stereocenters. The Morgan fingerprint density at radius 1 is 1.00 bits per heavy atom. The monoisotopic (exact) mass is 197 g/mol. The van der Waals surface area contributed by atoms with Crippen LogP contribution in [0.1, 0.15) is 52.9 Å². The zero-order valence-corrected chi connectivity index (χ0v) is 10.3. The molecule has 14 heavy (non-hydrogen) atoms. The summed E-state index contributed by atoms with van der Waals surface area (Å²) in [5, 5.41) is 0. The van der Waals surface area contributed by atoms with E-state index in [9.17, 15) is 0 Å². The fourth-order valence-electron chi connectivity index (χ4n) is 2.37. The highest BCUT2D eigenvalue weighted by atomic mass is 15.1. The van der Waals surface area contributed by atoms with E-state index in [4.69, 9.17) is 0 Å². The van der Waals surface area contributed by atoms with Gasteiger partial charge in [0.05, 0.1) is 0 Å². The van der Waals surface area contributed by atoms with E-state index in [-0.39, 0.29) is 0 Å². The zero-order valence-electron chi connectivity index (χ0n) is 10.3. The summed E-state index contributed by atoms with van der Waals surface area (Å²) in [5.74, 6) is 1.79. The van der Waals surface area contributed by atoms with Crippen LogP contribution in [0.4, 0.5) is 0 Å². The topological polar surface area (TPSA) is 3.24 Å². The SMILES string of the molecule is CC(C)CCCC(C)CN1CCCC1. The van der Waals surface area contributed by atoms with Crippen LogP contribution in [0.25, 0.3) is 0 Å². The van der Waals surface area contributed by atoms with E-state index in [1.54, 1.807) is 0 Å². The summed E-state index contributed by atoms with van der Waals surface area (Å²) in [6.07, 6.45) is 7.11. The summed E-state index contributed by atoms with van der Waals surface area (Å²) < 4.78 is 0. The van der Waals surface area contributed by atoms with Crippen LogP contribution in [0.2, 0.25) is 0 Å². The van der Waals surface area contributed by atoms with Crippen LogP contribution in [0.15, 0.2) is 0 Å². The first-order valence-corrected chi connectivity index (χ1v) is 6.41. The third kappa shape index (κ3) is 4.99. The van der Waals surface area contributed by atoms with Crippen LogP contribution in [-0.4, -0.2) is 24.5 Å². The number of hydrogen-bond acceptors (Lipinski definition) is 1. The Morgan fingerprint density at radius 2 is 1.64 bits per heavy atom. The molecule has 0 amide bonds. The van der Waals surface area contributed by atoms with Crippen LogP contribution < -0.4 is 0 Å². The Kier molecular flexibility index (Phi) is 5.54. The molecule has 1 heterocycles. The lowest BCUT2D eigenvalue weighted by Gasteiger charge is -2.20. The molecule has 0 radical (unpaired) electrons. The lowest BCUT2D eigenvalue weighted by molar-refractivity contribution is 0.274. The van der Waals surface area contributed by atoms with E-state index in [0.29, 0.717) is 0 Å². The van der Waals surface area contributed by atoms with Gasteiger partial charge in [0.25, 0.3) is 0 Å². The van der Waals surface area contributed by atoms with Crippen molar-refractivity contribution >= 4 is 0 Å². The summed E-state index contributed by atoms with van der Waals surface area (Å²) in [4.78, 5) is 2.64. The molecule has 1 fully saturated rings. The van der Waals surface area contributed by atoms with E-state index in [1.807, 2.05) is 0 Å². The number of likely N-dealkylation sites (tertiary alicyclic amines) is 1. The largest absolute Gasteiger partial charge is 0.303 e. The van der Waals surface area contributed by atoms with Crippen molar-refractivity contribution in [1.82, 2.24) is 4.90 Å². The summed E-state index contributed by atoms with van der Waals surface area (Å²) in [5.41, 5.74) is 0. The van der Waals surface area contributed by atoms with Gasteiger partial charge < -0.3 is 4.90 Å². The van der Waals surface area contributed by atoms with Gasteiger partial charge in [0, 0.05) is 6.54 Å². The number of hydrogen-bond donors (Lipinski definition) is 0. The van der Waals surface area contributed by atoms with Crippen molar-refractivity contribution in [2.75, 3.05) is 19.6 Å². The highest BCUT2D eigenvalue weighted by molar-refractivity contribution is 4.68. The normalized spacial score (nSPS) is 20.6. The van der Waals surface area contributed by atoms with E-state index >= 15 is 0 Å². The molecular weight excluding hydrogens is 170 g/mol. The number of nitrogens with zero attached hydrogens (tertiary/aromatic N) is 1. The highest BCUT2D eigenvalue weighted by Crippen LogP contribution is 2.16. The molecule has 0 spiro atoms. The maximum Gasteiger partial charge on any atom is 0.000702 e. The average Bonchev–Trinajstić information content (AvgIpc) is 2.56. The Hall–Kier alpha value is -0.0400. The van der Waals surface area contributed by atoms with Gasteiger partial charge in [-0.3, -0.25) is 0 Å². The average molecular weight is 197 g/mol. The second kappa shape index (κ2) is 6.44. The molecule has 0 aromatic rings. The van der Waals surface area contributed by atoms with E-state index in [0.717, 1.165) is 11.8 Å². The van der Waals surface area contributed by atoms with Gasteiger partial charge in [-0.15, -0.1) is 0 Å². The molecule has 1 rings (SSSR count). The van der Waals surface area contributed by atoms with Crippen LogP contribution in [0, 0.1) is 11.8 Å². The Morgan fingerprint density at radius 3 is 2.21 bits per heavy atom. The summed E-state index contributed by atoms with van der Waals surface area (Å²) >= 11 is 0. The van der Waals surface area contributed by atoms with E-state index in [1.165, 1.54) is 51.7 Å². The van der Waals surface area contributed by atoms with Crippen molar-refractivity contribution in [2.24, 2.45) is 11.8 Å². The molecule has 0 aliphatic carbocycles. The minimum absolute atomic E-state index is 0.883. The Labute approximate surface area is 89.9 Å². The molecule has 1 saturated heterocycles. The van der Waals surface area contributed by atoms with Gasteiger partial charge in [-0.25, -0.2) is 0 Å². The molecule has 1 unspecified atom stereocenters. The van der Waals surface area contributed by atoms with E-state index < -0.39 is 0 Å². The third-order valence-corrected chi connectivity index (χ3v) is 3.25. The second-order valence-corrected chi connectivity index (χ2v) is 5.44. The molecule has 1 nitrogen and oxygen atoms in total. The summed E-state index contributed by atoms with van der Waals surface area (Å²) in [6.45, 7) is 11.1. The third-order valence-electron chi connectivity index (χ3n) is 3.25.